The van der Waals surface area contributed by atoms with Crippen molar-refractivity contribution in [2.45, 2.75) is 45.7 Å². The Morgan fingerprint density at radius 3 is 2.90 bits per heavy atom. The van der Waals surface area contributed by atoms with Gasteiger partial charge in [0, 0.05) is 25.0 Å². The molecule has 0 aliphatic carbocycles. The molecule has 1 amide bonds. The number of benzene rings is 2. The van der Waals surface area contributed by atoms with E-state index in [4.69, 9.17) is 21.3 Å². The first-order valence-electron chi connectivity index (χ1n) is 10.2. The monoisotopic (exact) mass is 411 g/mol. The molecule has 29 heavy (non-hydrogen) atoms. The van der Waals surface area contributed by atoms with Crippen LogP contribution in [-0.4, -0.2) is 33.5 Å². The first kappa shape index (κ1) is 19.8. The third-order valence-electron chi connectivity index (χ3n) is 5.56. The number of para-hydroxylation sites is 2. The summed E-state index contributed by atoms with van der Waals surface area (Å²) >= 11 is 6.08. The van der Waals surface area contributed by atoms with Crippen molar-refractivity contribution >= 4 is 28.5 Å². The maximum absolute atomic E-state index is 12.1. The van der Waals surface area contributed by atoms with Crippen molar-refractivity contribution in [3.8, 4) is 5.75 Å². The number of imidazole rings is 1. The Morgan fingerprint density at radius 1 is 1.28 bits per heavy atom. The van der Waals surface area contributed by atoms with Gasteiger partial charge in [0.15, 0.2) is 0 Å². The van der Waals surface area contributed by atoms with Crippen molar-refractivity contribution in [2.24, 2.45) is 0 Å². The number of halogens is 1. The lowest BCUT2D eigenvalue weighted by atomic mass is 10.2. The minimum Gasteiger partial charge on any atom is -0.494 e. The summed E-state index contributed by atoms with van der Waals surface area (Å²) in [7, 11) is 0. The molecule has 0 bridgehead atoms. The summed E-state index contributed by atoms with van der Waals surface area (Å²) < 4.78 is 8.18. The number of nitrogens with zero attached hydrogens (tertiary/aromatic N) is 3. The molecular weight excluding hydrogens is 386 g/mol. The fourth-order valence-corrected chi connectivity index (χ4v) is 4.23. The van der Waals surface area contributed by atoms with Gasteiger partial charge in [0.25, 0.3) is 0 Å². The molecule has 1 fully saturated rings. The highest BCUT2D eigenvalue weighted by Gasteiger charge is 2.32. The van der Waals surface area contributed by atoms with Gasteiger partial charge in [-0.2, -0.15) is 0 Å². The van der Waals surface area contributed by atoms with Crippen LogP contribution in [0.25, 0.3) is 11.0 Å². The van der Waals surface area contributed by atoms with E-state index in [0.717, 1.165) is 65.5 Å². The van der Waals surface area contributed by atoms with E-state index in [9.17, 15) is 4.79 Å². The molecule has 152 valence electrons. The third kappa shape index (κ3) is 4.10. The number of likely N-dealkylation sites (tertiary alicyclic amines) is 1. The van der Waals surface area contributed by atoms with Gasteiger partial charge in [-0.1, -0.05) is 23.7 Å². The molecule has 1 aliphatic heterocycles. The minimum atomic E-state index is 0.0553. The third-order valence-corrected chi connectivity index (χ3v) is 5.99. The molecule has 0 N–H and O–H groups in total. The number of rotatable bonds is 6. The average Bonchev–Trinajstić information content (AvgIpc) is 3.32. The van der Waals surface area contributed by atoms with Gasteiger partial charge in [-0.3, -0.25) is 4.79 Å². The average molecular weight is 412 g/mol. The fourth-order valence-electron chi connectivity index (χ4n) is 4.12. The molecule has 1 aliphatic rings. The molecule has 1 saturated heterocycles. The van der Waals surface area contributed by atoms with E-state index in [1.165, 1.54) is 0 Å². The zero-order valence-electron chi connectivity index (χ0n) is 16.9. The van der Waals surface area contributed by atoms with E-state index < -0.39 is 0 Å². The van der Waals surface area contributed by atoms with Crippen LogP contribution in [0.3, 0.4) is 0 Å². The lowest BCUT2D eigenvalue weighted by Gasteiger charge is -2.24. The van der Waals surface area contributed by atoms with Gasteiger partial charge in [0.1, 0.15) is 11.6 Å². The summed E-state index contributed by atoms with van der Waals surface area (Å²) in [5.74, 6) is 1.94. The van der Waals surface area contributed by atoms with Crippen molar-refractivity contribution in [1.29, 1.82) is 0 Å². The smallest absolute Gasteiger partial charge is 0.220 e. The highest BCUT2D eigenvalue weighted by atomic mass is 35.5. The fraction of sp³-hybridized carbons (Fsp3) is 0.391. The number of carbonyl (C=O) groups is 1. The standard InChI is InChI=1S/C23H26ClN3O2/c1-16-15-18(10-11-19(16)24)29-14-6-13-27-21-8-4-3-7-20(21)25-23(27)22-9-5-12-26(22)17(2)28/h3-4,7-8,10-11,15,22H,5-6,9,12-14H2,1-2H3/t22-/m0/s1. The van der Waals surface area contributed by atoms with E-state index in [1.807, 2.05) is 48.2 Å². The van der Waals surface area contributed by atoms with Crippen LogP contribution >= 0.6 is 11.6 Å². The van der Waals surface area contributed by atoms with Gasteiger partial charge in [-0.15, -0.1) is 0 Å². The van der Waals surface area contributed by atoms with E-state index in [-0.39, 0.29) is 11.9 Å². The number of amides is 1. The van der Waals surface area contributed by atoms with E-state index in [2.05, 4.69) is 10.6 Å². The number of hydrogen-bond acceptors (Lipinski definition) is 3. The molecule has 5 nitrogen and oxygen atoms in total. The zero-order chi connectivity index (χ0) is 20.4. The molecule has 6 heteroatoms. The van der Waals surface area contributed by atoms with E-state index >= 15 is 0 Å². The van der Waals surface area contributed by atoms with Crippen molar-refractivity contribution in [1.82, 2.24) is 14.5 Å². The number of hydrogen-bond donors (Lipinski definition) is 0. The molecule has 0 unspecified atom stereocenters. The maximum Gasteiger partial charge on any atom is 0.220 e. The number of ether oxygens (including phenoxy) is 1. The Hall–Kier alpha value is -2.53. The number of aryl methyl sites for hydroxylation is 2. The normalized spacial score (nSPS) is 16.5. The van der Waals surface area contributed by atoms with Crippen LogP contribution < -0.4 is 4.74 Å². The summed E-state index contributed by atoms with van der Waals surface area (Å²) in [6.07, 6.45) is 2.83. The predicted octanol–water partition coefficient (Wildman–Crippen LogP) is 5.15. The van der Waals surface area contributed by atoms with Gasteiger partial charge >= 0.3 is 0 Å². The second-order valence-electron chi connectivity index (χ2n) is 7.59. The van der Waals surface area contributed by atoms with Gasteiger partial charge in [0.2, 0.25) is 5.91 Å². The maximum atomic E-state index is 12.1. The molecular formula is C23H26ClN3O2. The van der Waals surface area contributed by atoms with Crippen molar-refractivity contribution in [3.05, 3.63) is 58.9 Å². The van der Waals surface area contributed by atoms with E-state index in [1.54, 1.807) is 6.92 Å². The lowest BCUT2D eigenvalue weighted by Crippen LogP contribution is -2.30. The molecule has 1 aromatic heterocycles. The highest BCUT2D eigenvalue weighted by molar-refractivity contribution is 6.31. The summed E-state index contributed by atoms with van der Waals surface area (Å²) in [4.78, 5) is 18.9. The van der Waals surface area contributed by atoms with Crippen molar-refractivity contribution in [3.63, 3.8) is 0 Å². The van der Waals surface area contributed by atoms with Crippen LogP contribution in [0.5, 0.6) is 5.75 Å². The van der Waals surface area contributed by atoms with Gasteiger partial charge in [-0.25, -0.2) is 4.98 Å². The first-order chi connectivity index (χ1) is 14.0. The molecule has 0 saturated carbocycles. The summed E-state index contributed by atoms with van der Waals surface area (Å²) in [6, 6.07) is 14.0. The molecule has 2 aromatic carbocycles. The molecule has 4 rings (SSSR count). The summed E-state index contributed by atoms with van der Waals surface area (Å²) in [6.45, 7) is 5.83. The second kappa shape index (κ2) is 8.46. The Balaban J connectivity index is 1.51. The predicted molar refractivity (Wildman–Crippen MR) is 115 cm³/mol. The molecule has 0 spiro atoms. The first-order valence-corrected chi connectivity index (χ1v) is 10.5. The largest absolute Gasteiger partial charge is 0.494 e. The zero-order valence-corrected chi connectivity index (χ0v) is 17.7. The van der Waals surface area contributed by atoms with E-state index in [0.29, 0.717) is 6.61 Å². The minimum absolute atomic E-state index is 0.0553. The van der Waals surface area contributed by atoms with Gasteiger partial charge in [-0.05, 0) is 62.1 Å². The second-order valence-corrected chi connectivity index (χ2v) is 8.00. The molecule has 2 heterocycles. The number of fused-ring (bicyclic) bond motifs is 1. The van der Waals surface area contributed by atoms with Crippen LogP contribution in [0.2, 0.25) is 5.02 Å². The Kier molecular flexibility index (Phi) is 5.76. The molecule has 0 radical (unpaired) electrons. The van der Waals surface area contributed by atoms with Gasteiger partial charge < -0.3 is 14.2 Å². The van der Waals surface area contributed by atoms with Gasteiger partial charge in [0.05, 0.1) is 23.7 Å². The van der Waals surface area contributed by atoms with Crippen LogP contribution in [0.4, 0.5) is 0 Å². The quantitative estimate of drug-likeness (QED) is 0.527. The Labute approximate surface area is 176 Å². The van der Waals surface area contributed by atoms with Crippen molar-refractivity contribution in [2.75, 3.05) is 13.2 Å². The highest BCUT2D eigenvalue weighted by Crippen LogP contribution is 2.33. The topological polar surface area (TPSA) is 47.4 Å². The number of carbonyl (C=O) groups excluding carboxylic acids is 1. The Bertz CT molecular complexity index is 1030. The van der Waals surface area contributed by atoms with Crippen LogP contribution in [0, 0.1) is 6.92 Å². The number of aromatic nitrogens is 2. The SMILES string of the molecule is CC(=O)N1CCC[C@H]1c1nc2ccccc2n1CCCOc1ccc(Cl)c(C)c1. The van der Waals surface area contributed by atoms with Crippen molar-refractivity contribution < 1.29 is 9.53 Å². The Morgan fingerprint density at radius 2 is 2.10 bits per heavy atom. The molecule has 3 aromatic rings. The lowest BCUT2D eigenvalue weighted by molar-refractivity contribution is -0.129. The summed E-state index contributed by atoms with van der Waals surface area (Å²) in [5, 5.41) is 0.749. The van der Waals surface area contributed by atoms with Crippen LogP contribution in [0.15, 0.2) is 42.5 Å². The molecule has 1 atom stereocenters. The summed E-state index contributed by atoms with van der Waals surface area (Å²) in [5.41, 5.74) is 3.10. The van der Waals surface area contributed by atoms with Crippen LogP contribution in [-0.2, 0) is 11.3 Å². The van der Waals surface area contributed by atoms with Crippen LogP contribution in [0.1, 0.15) is 43.6 Å².